The molecule has 0 aromatic heterocycles. The molecule has 4 aromatic rings. The average molecular weight is 701 g/mol. The number of hydrogen-bond acceptors (Lipinski definition) is 6. The predicted octanol–water partition coefficient (Wildman–Crippen LogP) is 3.33. The number of piperazine rings is 2. The molecule has 4 saturated heterocycles. The van der Waals surface area contributed by atoms with Gasteiger partial charge in [-0.05, 0) is 59.4 Å². The lowest BCUT2D eigenvalue weighted by atomic mass is 9.54. The fourth-order valence-electron chi connectivity index (χ4n) is 10.5. The summed E-state index contributed by atoms with van der Waals surface area (Å²) in [6, 6.07) is 24.3. The van der Waals surface area contributed by atoms with E-state index in [2.05, 4.69) is 21.3 Å². The minimum absolute atomic E-state index is 0.0147. The van der Waals surface area contributed by atoms with Crippen molar-refractivity contribution < 1.29 is 28.0 Å². The SMILES string of the molecule is O=C1N[C@@H](Cc2ccccc2F)C(=O)N2[C@H]3Nc4ccccc4C3(C34C[C@H]5C(=O)N[C@@H](Cc6ccccc6F)C(=O)N5[C@H]3Nc3ccccc34)C[C@@H]12. The Balaban J connectivity index is 1.12. The van der Waals surface area contributed by atoms with Crippen LogP contribution in [0.5, 0.6) is 0 Å². The van der Waals surface area contributed by atoms with E-state index in [9.17, 15) is 28.0 Å². The molecular formula is C40H34F2N6O4. The van der Waals surface area contributed by atoms with Crippen molar-refractivity contribution in [3.05, 3.63) is 131 Å². The van der Waals surface area contributed by atoms with Crippen LogP contribution in [0.1, 0.15) is 35.1 Å². The number of carbonyl (C=O) groups is 4. The fraction of sp³-hybridized carbons (Fsp3) is 0.300. The maximum Gasteiger partial charge on any atom is 0.247 e. The number of rotatable bonds is 5. The van der Waals surface area contributed by atoms with Crippen molar-refractivity contribution >= 4 is 35.0 Å². The van der Waals surface area contributed by atoms with Crippen LogP contribution < -0.4 is 21.3 Å². The van der Waals surface area contributed by atoms with Gasteiger partial charge in [0.05, 0.1) is 10.8 Å². The minimum Gasteiger partial charge on any atom is -0.364 e. The summed E-state index contributed by atoms with van der Waals surface area (Å²) in [7, 11) is 0. The number of carbonyl (C=O) groups excluding carboxylic acids is 4. The molecule has 0 spiro atoms. The second-order valence-corrected chi connectivity index (χ2v) is 14.8. The van der Waals surface area contributed by atoms with Gasteiger partial charge in [-0.2, -0.15) is 0 Å². The van der Waals surface area contributed by atoms with Gasteiger partial charge in [0.2, 0.25) is 23.6 Å². The molecule has 0 saturated carbocycles. The molecule has 6 heterocycles. The van der Waals surface area contributed by atoms with Gasteiger partial charge in [-0.15, -0.1) is 0 Å². The van der Waals surface area contributed by atoms with Crippen LogP contribution in [-0.2, 0) is 42.8 Å². The number of fused-ring (bicyclic) bond motifs is 11. The van der Waals surface area contributed by atoms with E-state index in [1.165, 1.54) is 12.1 Å². The van der Waals surface area contributed by atoms with E-state index >= 15 is 0 Å². The second-order valence-electron chi connectivity index (χ2n) is 14.8. The van der Waals surface area contributed by atoms with Gasteiger partial charge in [0, 0.05) is 24.2 Å². The Hall–Kier alpha value is -5.78. The lowest BCUT2D eigenvalue weighted by Gasteiger charge is -2.48. The zero-order valence-corrected chi connectivity index (χ0v) is 27.8. The standard InChI is InChI=1S/C40H34F2N6O4/c41-25-13-5-1-9-21(25)17-29-35(51)47-31(33(49)43-29)19-39(23-11-3-7-15-27(23)45-37(39)47)40-20-32-34(50)44-30(18-22-10-2-6-14-26(22)42)36(52)48(32)38(40)46-28-16-8-4-12-24(28)40/h1-16,29-32,37-38,45-46H,17-20H2,(H,43,49)(H,44,50)/t29-,30-,31-,32-,37+,38+,39?,40?/m0/s1. The maximum atomic E-state index is 14.8. The molecule has 4 aromatic carbocycles. The van der Waals surface area contributed by atoms with Crippen molar-refractivity contribution in [3.63, 3.8) is 0 Å². The normalized spacial score (nSPS) is 32.1. The van der Waals surface area contributed by atoms with Gasteiger partial charge in [0.15, 0.2) is 0 Å². The monoisotopic (exact) mass is 700 g/mol. The number of para-hydroxylation sites is 2. The molecule has 10 rings (SSSR count). The lowest BCUT2D eigenvalue weighted by Crippen LogP contribution is -2.67. The summed E-state index contributed by atoms with van der Waals surface area (Å²) < 4.78 is 29.6. The van der Waals surface area contributed by atoms with Gasteiger partial charge in [0.25, 0.3) is 0 Å². The highest BCUT2D eigenvalue weighted by atomic mass is 19.1. The maximum absolute atomic E-state index is 14.8. The number of amides is 4. The minimum atomic E-state index is -1.00. The van der Waals surface area contributed by atoms with E-state index in [4.69, 9.17) is 0 Å². The van der Waals surface area contributed by atoms with Crippen molar-refractivity contribution in [2.45, 2.75) is 73.0 Å². The fourth-order valence-corrected chi connectivity index (χ4v) is 10.5. The number of hydrogen-bond donors (Lipinski definition) is 4. The first kappa shape index (κ1) is 31.0. The molecule has 6 aliphatic heterocycles. The number of benzene rings is 4. The molecular weight excluding hydrogens is 666 g/mol. The highest BCUT2D eigenvalue weighted by molar-refractivity contribution is 6.01. The molecule has 4 N–H and O–H groups in total. The van der Waals surface area contributed by atoms with Crippen LogP contribution in [-0.4, -0.2) is 69.9 Å². The average Bonchev–Trinajstić information content (AvgIpc) is 3.86. The van der Waals surface area contributed by atoms with E-state index in [0.29, 0.717) is 11.1 Å². The Bertz CT molecular complexity index is 2080. The van der Waals surface area contributed by atoms with Crippen molar-refractivity contribution in [1.82, 2.24) is 20.4 Å². The summed E-state index contributed by atoms with van der Waals surface area (Å²) in [5, 5.41) is 13.1. The molecule has 0 aliphatic carbocycles. The Morgan fingerprint density at radius 2 is 0.923 bits per heavy atom. The van der Waals surface area contributed by atoms with Gasteiger partial charge >= 0.3 is 0 Å². The zero-order valence-electron chi connectivity index (χ0n) is 27.8. The highest BCUT2D eigenvalue weighted by Gasteiger charge is 2.78. The summed E-state index contributed by atoms with van der Waals surface area (Å²) in [4.78, 5) is 60.8. The van der Waals surface area contributed by atoms with Gasteiger partial charge in [-0.1, -0.05) is 72.8 Å². The predicted molar refractivity (Wildman–Crippen MR) is 186 cm³/mol. The van der Waals surface area contributed by atoms with Crippen molar-refractivity contribution in [1.29, 1.82) is 0 Å². The Labute approximate surface area is 297 Å². The smallest absolute Gasteiger partial charge is 0.247 e. The molecule has 262 valence electrons. The molecule has 6 aliphatic rings. The molecule has 10 nitrogen and oxygen atoms in total. The van der Waals surface area contributed by atoms with Crippen molar-refractivity contribution in [2.75, 3.05) is 10.6 Å². The third-order valence-electron chi connectivity index (χ3n) is 12.5. The third-order valence-corrected chi connectivity index (χ3v) is 12.5. The first-order chi connectivity index (χ1) is 25.2. The van der Waals surface area contributed by atoms with Crippen LogP contribution in [0.3, 0.4) is 0 Å². The molecule has 0 bridgehead atoms. The second kappa shape index (κ2) is 10.9. The van der Waals surface area contributed by atoms with Gasteiger partial charge in [-0.25, -0.2) is 8.78 Å². The van der Waals surface area contributed by atoms with Crippen LogP contribution in [0.15, 0.2) is 97.1 Å². The summed E-state index contributed by atoms with van der Waals surface area (Å²) >= 11 is 0. The first-order valence-corrected chi connectivity index (χ1v) is 17.7. The third kappa shape index (κ3) is 3.92. The van der Waals surface area contributed by atoms with Crippen molar-refractivity contribution in [3.8, 4) is 0 Å². The van der Waals surface area contributed by atoms with Crippen LogP contribution in [0, 0.1) is 11.6 Å². The number of nitrogens with one attached hydrogen (secondary N) is 4. The van der Waals surface area contributed by atoms with Gasteiger partial charge < -0.3 is 31.1 Å². The van der Waals surface area contributed by atoms with Crippen LogP contribution >= 0.6 is 0 Å². The van der Waals surface area contributed by atoms with Crippen LogP contribution in [0.25, 0.3) is 0 Å². The Morgan fingerprint density at radius 1 is 0.538 bits per heavy atom. The highest BCUT2D eigenvalue weighted by Crippen LogP contribution is 2.68. The largest absolute Gasteiger partial charge is 0.364 e. The zero-order chi connectivity index (χ0) is 35.5. The molecule has 0 radical (unpaired) electrons. The first-order valence-electron chi connectivity index (χ1n) is 17.7. The van der Waals surface area contributed by atoms with E-state index in [-0.39, 0.29) is 49.3 Å². The Morgan fingerprint density at radius 3 is 1.35 bits per heavy atom. The quantitative estimate of drug-likeness (QED) is 0.254. The topological polar surface area (TPSA) is 123 Å². The van der Waals surface area contributed by atoms with E-state index < -0.39 is 59.0 Å². The number of nitrogens with zero attached hydrogens (tertiary/aromatic N) is 2. The van der Waals surface area contributed by atoms with Gasteiger partial charge in [0.1, 0.15) is 48.1 Å². The summed E-state index contributed by atoms with van der Waals surface area (Å²) in [5.41, 5.74) is 2.01. The van der Waals surface area contributed by atoms with Gasteiger partial charge in [-0.3, -0.25) is 19.2 Å². The molecule has 52 heavy (non-hydrogen) atoms. The lowest BCUT2D eigenvalue weighted by molar-refractivity contribution is -0.149. The van der Waals surface area contributed by atoms with E-state index in [1.54, 1.807) is 46.2 Å². The number of anilines is 2. The molecule has 2 unspecified atom stereocenters. The molecule has 4 amide bonds. The Kier molecular flexibility index (Phi) is 6.48. The van der Waals surface area contributed by atoms with Crippen LogP contribution in [0.2, 0.25) is 0 Å². The van der Waals surface area contributed by atoms with Crippen LogP contribution in [0.4, 0.5) is 20.2 Å². The molecule has 12 heteroatoms. The molecule has 8 atom stereocenters. The summed E-state index contributed by atoms with van der Waals surface area (Å²) in [5.74, 6) is -2.25. The van der Waals surface area contributed by atoms with E-state index in [1.807, 2.05) is 48.5 Å². The van der Waals surface area contributed by atoms with Crippen molar-refractivity contribution in [2.24, 2.45) is 0 Å². The summed E-state index contributed by atoms with van der Waals surface area (Å²) in [6.07, 6.45) is -1.07. The number of halogens is 2. The van der Waals surface area contributed by atoms with E-state index in [0.717, 1.165) is 22.5 Å². The molecule has 4 fully saturated rings. The summed E-state index contributed by atoms with van der Waals surface area (Å²) in [6.45, 7) is 0.